The van der Waals surface area contributed by atoms with Crippen LogP contribution in [0.15, 0.2) is 11.8 Å². The average molecular weight is 171 g/mol. The van der Waals surface area contributed by atoms with Crippen molar-refractivity contribution in [3.05, 3.63) is 11.8 Å². The highest BCUT2D eigenvalue weighted by Gasteiger charge is 2.08. The largest absolute Gasteiger partial charge is 0.477 e. The fourth-order valence-corrected chi connectivity index (χ4v) is 0.748. The molecule has 0 saturated carbocycles. The number of rotatable bonds is 3. The van der Waals surface area contributed by atoms with Crippen molar-refractivity contribution in [1.29, 1.82) is 0 Å². The van der Waals surface area contributed by atoms with Crippen LogP contribution in [-0.4, -0.2) is 11.1 Å². The second-order valence-electron chi connectivity index (χ2n) is 4.06. The molecule has 0 aliphatic carbocycles. The lowest BCUT2D eigenvalue weighted by Crippen LogP contribution is -2.10. The zero-order valence-electron chi connectivity index (χ0n) is 7.92. The van der Waals surface area contributed by atoms with Crippen LogP contribution in [0.1, 0.15) is 33.6 Å². The molecule has 0 aromatic carbocycles. The summed E-state index contributed by atoms with van der Waals surface area (Å²) in [6, 6.07) is 0. The fourth-order valence-electron chi connectivity index (χ4n) is 0.748. The summed E-state index contributed by atoms with van der Waals surface area (Å²) >= 11 is 0. The van der Waals surface area contributed by atoms with Crippen molar-refractivity contribution in [2.75, 3.05) is 0 Å². The van der Waals surface area contributed by atoms with Gasteiger partial charge >= 0.3 is 5.97 Å². The molecule has 12 heavy (non-hydrogen) atoms. The van der Waals surface area contributed by atoms with Crippen LogP contribution in [0.2, 0.25) is 0 Å². The normalized spacial score (nSPS) is 13.1. The van der Waals surface area contributed by atoms with Crippen LogP contribution < -0.4 is 5.73 Å². The van der Waals surface area contributed by atoms with Crippen molar-refractivity contribution >= 4 is 5.97 Å². The van der Waals surface area contributed by atoms with Gasteiger partial charge in [-0.25, -0.2) is 4.79 Å². The van der Waals surface area contributed by atoms with Gasteiger partial charge in [-0.05, 0) is 18.3 Å². The maximum absolute atomic E-state index is 10.3. The van der Waals surface area contributed by atoms with Gasteiger partial charge in [0.2, 0.25) is 0 Å². The summed E-state index contributed by atoms with van der Waals surface area (Å²) in [5.41, 5.74) is 5.38. The van der Waals surface area contributed by atoms with E-state index < -0.39 is 5.97 Å². The highest BCUT2D eigenvalue weighted by atomic mass is 16.4. The maximum Gasteiger partial charge on any atom is 0.351 e. The van der Waals surface area contributed by atoms with E-state index in [0.717, 1.165) is 12.8 Å². The number of hydrogen-bond acceptors (Lipinski definition) is 2. The van der Waals surface area contributed by atoms with Gasteiger partial charge in [0.1, 0.15) is 5.70 Å². The first kappa shape index (κ1) is 11.0. The minimum absolute atomic E-state index is 0.0562. The third kappa shape index (κ3) is 5.77. The summed E-state index contributed by atoms with van der Waals surface area (Å²) in [5, 5.41) is 8.42. The van der Waals surface area contributed by atoms with Gasteiger partial charge in [0.15, 0.2) is 0 Å². The minimum atomic E-state index is -1.04. The molecule has 0 spiro atoms. The Kier molecular flexibility index (Phi) is 3.80. The molecule has 0 amide bonds. The Morgan fingerprint density at radius 2 is 2.00 bits per heavy atom. The Bertz CT molecular complexity index is 189. The van der Waals surface area contributed by atoms with Gasteiger partial charge in [0.25, 0.3) is 0 Å². The van der Waals surface area contributed by atoms with E-state index in [1.54, 1.807) is 6.08 Å². The first-order valence-corrected chi connectivity index (χ1v) is 4.02. The molecule has 0 bridgehead atoms. The molecule has 0 rings (SSSR count). The fraction of sp³-hybridized carbons (Fsp3) is 0.667. The number of allylic oxidation sites excluding steroid dienone is 1. The third-order valence-electron chi connectivity index (χ3n) is 1.51. The minimum Gasteiger partial charge on any atom is -0.477 e. The summed E-state index contributed by atoms with van der Waals surface area (Å²) in [4.78, 5) is 10.3. The molecule has 0 aromatic rings. The Balaban J connectivity index is 3.83. The average Bonchev–Trinajstić information content (AvgIpc) is 1.84. The number of carboxylic acid groups (broad SMARTS) is 1. The maximum atomic E-state index is 10.3. The predicted octanol–water partition coefficient (Wildman–Crippen LogP) is 1.74. The second-order valence-corrected chi connectivity index (χ2v) is 4.06. The smallest absolute Gasteiger partial charge is 0.351 e. The molecule has 3 heteroatoms. The van der Waals surface area contributed by atoms with Gasteiger partial charge in [-0.15, -0.1) is 0 Å². The lowest BCUT2D eigenvalue weighted by Gasteiger charge is -2.16. The molecule has 3 nitrogen and oxygen atoms in total. The van der Waals surface area contributed by atoms with E-state index in [1.807, 2.05) is 0 Å². The zero-order valence-corrected chi connectivity index (χ0v) is 7.92. The van der Waals surface area contributed by atoms with Gasteiger partial charge in [0, 0.05) is 0 Å². The van der Waals surface area contributed by atoms with Crippen LogP contribution in [0.5, 0.6) is 0 Å². The summed E-state index contributed by atoms with van der Waals surface area (Å²) < 4.78 is 0. The number of aliphatic carboxylic acids is 1. The van der Waals surface area contributed by atoms with Gasteiger partial charge in [-0.3, -0.25) is 0 Å². The molecular weight excluding hydrogens is 154 g/mol. The lowest BCUT2D eigenvalue weighted by atomic mass is 9.90. The number of nitrogens with two attached hydrogens (primary N) is 1. The molecule has 0 aliphatic heterocycles. The molecular formula is C9H17NO2. The van der Waals surface area contributed by atoms with Gasteiger partial charge in [0.05, 0.1) is 0 Å². The second kappa shape index (κ2) is 4.14. The topological polar surface area (TPSA) is 63.3 Å². The SMILES string of the molecule is CC(C)(C)CCC=C(N)C(=O)O. The van der Waals surface area contributed by atoms with Crippen LogP contribution in [0, 0.1) is 5.41 Å². The van der Waals surface area contributed by atoms with Gasteiger partial charge < -0.3 is 10.8 Å². The molecule has 0 aromatic heterocycles. The van der Waals surface area contributed by atoms with Gasteiger partial charge in [-0.1, -0.05) is 26.8 Å². The molecule has 0 atom stereocenters. The highest BCUT2D eigenvalue weighted by Crippen LogP contribution is 2.20. The van der Waals surface area contributed by atoms with Crippen molar-refractivity contribution < 1.29 is 9.90 Å². The van der Waals surface area contributed by atoms with E-state index in [9.17, 15) is 4.79 Å². The van der Waals surface area contributed by atoms with Crippen molar-refractivity contribution in [3.8, 4) is 0 Å². The van der Waals surface area contributed by atoms with E-state index in [-0.39, 0.29) is 11.1 Å². The number of carboxylic acids is 1. The van der Waals surface area contributed by atoms with E-state index in [2.05, 4.69) is 20.8 Å². The quantitative estimate of drug-likeness (QED) is 0.636. The van der Waals surface area contributed by atoms with E-state index in [1.165, 1.54) is 0 Å². The summed E-state index contributed by atoms with van der Waals surface area (Å²) in [6.07, 6.45) is 3.23. The zero-order chi connectivity index (χ0) is 9.78. The Labute approximate surface area is 73.3 Å². The molecule has 70 valence electrons. The number of hydrogen-bond donors (Lipinski definition) is 2. The Hall–Kier alpha value is -0.990. The van der Waals surface area contributed by atoms with Crippen LogP contribution in [0.25, 0.3) is 0 Å². The molecule has 0 fully saturated rings. The molecule has 0 heterocycles. The van der Waals surface area contributed by atoms with Crippen molar-refractivity contribution in [1.82, 2.24) is 0 Å². The summed E-state index contributed by atoms with van der Waals surface area (Å²) in [7, 11) is 0. The van der Waals surface area contributed by atoms with Crippen molar-refractivity contribution in [2.45, 2.75) is 33.6 Å². The van der Waals surface area contributed by atoms with E-state index in [0.29, 0.717) is 0 Å². The lowest BCUT2D eigenvalue weighted by molar-refractivity contribution is -0.132. The standard InChI is InChI=1S/C9H17NO2/c1-9(2,3)6-4-5-7(10)8(11)12/h5H,4,6,10H2,1-3H3,(H,11,12). The van der Waals surface area contributed by atoms with Crippen LogP contribution in [0.4, 0.5) is 0 Å². The van der Waals surface area contributed by atoms with Crippen molar-refractivity contribution in [2.24, 2.45) is 11.1 Å². The van der Waals surface area contributed by atoms with E-state index >= 15 is 0 Å². The summed E-state index contributed by atoms with van der Waals surface area (Å²) in [6.45, 7) is 6.33. The van der Waals surface area contributed by atoms with Gasteiger partial charge in [-0.2, -0.15) is 0 Å². The number of carbonyl (C=O) groups is 1. The van der Waals surface area contributed by atoms with E-state index in [4.69, 9.17) is 10.8 Å². The molecule has 3 N–H and O–H groups in total. The first-order valence-electron chi connectivity index (χ1n) is 4.02. The van der Waals surface area contributed by atoms with Crippen molar-refractivity contribution in [3.63, 3.8) is 0 Å². The molecule has 0 unspecified atom stereocenters. The summed E-state index contributed by atoms with van der Waals surface area (Å²) in [5.74, 6) is -1.04. The van der Waals surface area contributed by atoms with Crippen LogP contribution in [0.3, 0.4) is 0 Å². The Morgan fingerprint density at radius 3 is 2.33 bits per heavy atom. The van der Waals surface area contributed by atoms with Crippen LogP contribution >= 0.6 is 0 Å². The first-order chi connectivity index (χ1) is 5.33. The molecule has 0 saturated heterocycles. The molecule has 0 radical (unpaired) electrons. The predicted molar refractivity (Wildman–Crippen MR) is 48.6 cm³/mol. The Morgan fingerprint density at radius 1 is 1.50 bits per heavy atom. The monoisotopic (exact) mass is 171 g/mol. The third-order valence-corrected chi connectivity index (χ3v) is 1.51. The highest BCUT2D eigenvalue weighted by molar-refractivity contribution is 5.85. The van der Waals surface area contributed by atoms with Crippen LogP contribution in [-0.2, 0) is 4.79 Å². The molecule has 0 aliphatic rings.